The zero-order valence-electron chi connectivity index (χ0n) is 17.1. The molecule has 3 atom stereocenters. The summed E-state index contributed by atoms with van der Waals surface area (Å²) in [7, 11) is 1.44. The number of hydrogen-bond acceptors (Lipinski definition) is 5. The van der Waals surface area contributed by atoms with Crippen LogP contribution in [0.2, 0.25) is 0 Å². The van der Waals surface area contributed by atoms with E-state index in [0.717, 1.165) is 43.4 Å². The van der Waals surface area contributed by atoms with Crippen molar-refractivity contribution in [3.8, 4) is 0 Å². The second-order valence-corrected chi connectivity index (χ2v) is 8.75. The molecule has 1 heterocycles. The number of anilines is 3. The number of carboxylic acid groups (broad SMARTS) is 1. The Morgan fingerprint density at radius 2 is 2.00 bits per heavy atom. The van der Waals surface area contributed by atoms with Crippen LogP contribution in [0.1, 0.15) is 52.0 Å². The Kier molecular flexibility index (Phi) is 5.46. The number of hydrogen-bond donors (Lipinski definition) is 3. The Morgan fingerprint density at radius 3 is 2.61 bits per heavy atom. The van der Waals surface area contributed by atoms with Crippen molar-refractivity contribution >= 4 is 29.1 Å². The zero-order chi connectivity index (χ0) is 20.6. The lowest BCUT2D eigenvalue weighted by molar-refractivity contribution is -0.151. The highest BCUT2D eigenvalue weighted by Gasteiger charge is 2.41. The fourth-order valence-electron chi connectivity index (χ4n) is 4.84. The van der Waals surface area contributed by atoms with Crippen LogP contribution >= 0.6 is 0 Å². The predicted molar refractivity (Wildman–Crippen MR) is 110 cm³/mol. The highest BCUT2D eigenvalue weighted by Crippen LogP contribution is 2.44. The Balaban J connectivity index is 1.80. The van der Waals surface area contributed by atoms with E-state index in [0.29, 0.717) is 11.4 Å². The van der Waals surface area contributed by atoms with Gasteiger partial charge in [-0.15, -0.1) is 0 Å². The van der Waals surface area contributed by atoms with Crippen LogP contribution in [0.5, 0.6) is 0 Å². The fraction of sp³-hybridized carbons (Fsp3) is 0.619. The summed E-state index contributed by atoms with van der Waals surface area (Å²) in [4.78, 5) is 25.1. The van der Waals surface area contributed by atoms with Crippen molar-refractivity contribution < 1.29 is 19.4 Å². The summed E-state index contributed by atoms with van der Waals surface area (Å²) in [5.74, 6) is -0.235. The molecule has 3 rings (SSSR count). The van der Waals surface area contributed by atoms with Crippen molar-refractivity contribution in [3.63, 3.8) is 0 Å². The molecule has 1 fully saturated rings. The van der Waals surface area contributed by atoms with Gasteiger partial charge >= 0.3 is 12.1 Å². The van der Waals surface area contributed by atoms with Crippen molar-refractivity contribution in [2.24, 2.45) is 11.3 Å². The van der Waals surface area contributed by atoms with E-state index in [1.54, 1.807) is 0 Å². The largest absolute Gasteiger partial charge is 0.469 e. The van der Waals surface area contributed by atoms with E-state index in [9.17, 15) is 14.7 Å². The predicted octanol–water partition coefficient (Wildman–Crippen LogP) is 3.87. The van der Waals surface area contributed by atoms with Gasteiger partial charge in [-0.3, -0.25) is 9.69 Å². The van der Waals surface area contributed by atoms with Crippen molar-refractivity contribution in [1.29, 1.82) is 0 Å². The van der Waals surface area contributed by atoms with Crippen molar-refractivity contribution in [1.82, 2.24) is 0 Å². The number of fused-ring (bicyclic) bond motifs is 1. The van der Waals surface area contributed by atoms with E-state index in [1.165, 1.54) is 12.0 Å². The van der Waals surface area contributed by atoms with E-state index in [1.807, 2.05) is 19.1 Å². The quantitative estimate of drug-likeness (QED) is 0.535. The van der Waals surface area contributed by atoms with Gasteiger partial charge in [0.05, 0.1) is 30.1 Å². The van der Waals surface area contributed by atoms with E-state index in [4.69, 9.17) is 10.5 Å². The Morgan fingerprint density at radius 1 is 1.29 bits per heavy atom. The lowest BCUT2D eigenvalue weighted by Crippen LogP contribution is -2.42. The maximum Gasteiger partial charge on any atom is 0.412 e. The Hall–Kier alpha value is -2.44. The van der Waals surface area contributed by atoms with Crippen LogP contribution in [0.4, 0.5) is 21.9 Å². The number of carbonyl (C=O) groups excluding carboxylic acids is 1. The zero-order valence-corrected chi connectivity index (χ0v) is 17.1. The molecule has 154 valence electrons. The van der Waals surface area contributed by atoms with Crippen LogP contribution in [0.25, 0.3) is 0 Å². The molecule has 7 heteroatoms. The minimum atomic E-state index is -0.948. The second kappa shape index (κ2) is 7.53. The van der Waals surface area contributed by atoms with Crippen molar-refractivity contribution in [2.75, 3.05) is 23.1 Å². The molecule has 0 aromatic heterocycles. The molecule has 0 bridgehead atoms. The molecule has 1 aromatic carbocycles. The van der Waals surface area contributed by atoms with Gasteiger partial charge in [-0.1, -0.05) is 13.8 Å². The number of amides is 1. The lowest BCUT2D eigenvalue weighted by Gasteiger charge is -2.41. The van der Waals surface area contributed by atoms with Gasteiger partial charge in [0, 0.05) is 17.6 Å². The first kappa shape index (κ1) is 20.3. The van der Waals surface area contributed by atoms with Gasteiger partial charge in [0.1, 0.15) is 0 Å². The maximum absolute atomic E-state index is 12.1. The molecule has 1 aliphatic carbocycles. The van der Waals surface area contributed by atoms with Gasteiger partial charge in [0.2, 0.25) is 0 Å². The highest BCUT2D eigenvalue weighted by molar-refractivity contribution is 5.92. The summed E-state index contributed by atoms with van der Waals surface area (Å²) < 4.78 is 4.97. The number of carbonyl (C=O) groups is 2. The minimum Gasteiger partial charge on any atom is -0.469 e. The van der Waals surface area contributed by atoms with Crippen LogP contribution in [0.15, 0.2) is 12.1 Å². The van der Waals surface area contributed by atoms with Gasteiger partial charge in [-0.2, -0.15) is 0 Å². The number of esters is 1. The molecule has 0 radical (unpaired) electrons. The summed E-state index contributed by atoms with van der Waals surface area (Å²) in [5, 5.41) is 13.1. The van der Waals surface area contributed by atoms with Crippen LogP contribution < -0.4 is 16.0 Å². The Labute approximate surface area is 166 Å². The molecule has 1 saturated carbocycles. The molecular weight excluding hydrogens is 358 g/mol. The Bertz CT molecular complexity index is 777. The smallest absolute Gasteiger partial charge is 0.412 e. The molecule has 7 nitrogen and oxygen atoms in total. The van der Waals surface area contributed by atoms with Crippen molar-refractivity contribution in [2.45, 2.75) is 65.0 Å². The minimum absolute atomic E-state index is 0.0578. The van der Waals surface area contributed by atoms with Gasteiger partial charge in [-0.05, 0) is 56.6 Å². The van der Waals surface area contributed by atoms with Crippen LogP contribution in [0, 0.1) is 11.3 Å². The molecule has 4 N–H and O–H groups in total. The third-order valence-electron chi connectivity index (χ3n) is 6.42. The van der Waals surface area contributed by atoms with Crippen LogP contribution in [0.3, 0.4) is 0 Å². The third-order valence-corrected chi connectivity index (χ3v) is 6.42. The summed E-state index contributed by atoms with van der Waals surface area (Å²) >= 11 is 0. The average Bonchev–Trinajstić information content (AvgIpc) is 2.62. The standard InChI is InChI=1S/C21H31N3O4/c1-12-5-7-14-17(24(12)20(26)27)10-9-16(18(14)22)23-13-6-8-15(19(25)28-4)21(2,3)11-13/h9-10,12-13,15,23H,5-8,11,22H2,1-4H3,(H,26,27)/t12-,13-,15+/m0/s1. The monoisotopic (exact) mass is 389 g/mol. The number of benzene rings is 1. The van der Waals surface area contributed by atoms with Gasteiger partial charge in [0.25, 0.3) is 0 Å². The molecule has 1 aromatic rings. The van der Waals surface area contributed by atoms with E-state index in [-0.39, 0.29) is 29.4 Å². The third kappa shape index (κ3) is 3.62. The summed E-state index contributed by atoms with van der Waals surface area (Å²) in [6.07, 6.45) is 3.04. The van der Waals surface area contributed by atoms with Gasteiger partial charge < -0.3 is 20.9 Å². The molecule has 2 aliphatic rings. The number of nitrogens with zero attached hydrogens (tertiary/aromatic N) is 1. The molecule has 28 heavy (non-hydrogen) atoms. The first-order chi connectivity index (χ1) is 13.2. The number of nitrogen functional groups attached to an aromatic ring is 1. The number of nitrogens with one attached hydrogen (secondary N) is 1. The number of ether oxygens (including phenoxy) is 1. The highest BCUT2D eigenvalue weighted by atomic mass is 16.5. The average molecular weight is 389 g/mol. The second-order valence-electron chi connectivity index (χ2n) is 8.75. The van der Waals surface area contributed by atoms with Crippen LogP contribution in [-0.2, 0) is 16.0 Å². The number of nitrogens with two attached hydrogens (primary N) is 1. The first-order valence-corrected chi connectivity index (χ1v) is 9.93. The lowest BCUT2D eigenvalue weighted by atomic mass is 9.67. The normalized spacial score (nSPS) is 26.3. The molecule has 1 aliphatic heterocycles. The molecule has 0 unspecified atom stereocenters. The van der Waals surface area contributed by atoms with Crippen LogP contribution in [-0.4, -0.2) is 36.4 Å². The van der Waals surface area contributed by atoms with E-state index in [2.05, 4.69) is 19.2 Å². The number of methoxy groups -OCH3 is 1. The fourth-order valence-corrected chi connectivity index (χ4v) is 4.84. The summed E-state index contributed by atoms with van der Waals surface area (Å²) in [6, 6.07) is 3.87. The van der Waals surface area contributed by atoms with Crippen molar-refractivity contribution in [3.05, 3.63) is 17.7 Å². The summed E-state index contributed by atoms with van der Waals surface area (Å²) in [5.41, 5.74) is 9.32. The molecule has 1 amide bonds. The van der Waals surface area contributed by atoms with E-state index >= 15 is 0 Å². The molecular formula is C21H31N3O4. The first-order valence-electron chi connectivity index (χ1n) is 9.93. The number of rotatable bonds is 3. The van der Waals surface area contributed by atoms with Gasteiger partial charge in [0.15, 0.2) is 0 Å². The van der Waals surface area contributed by atoms with E-state index < -0.39 is 6.09 Å². The topological polar surface area (TPSA) is 105 Å². The van der Waals surface area contributed by atoms with Gasteiger partial charge in [-0.25, -0.2) is 4.79 Å². The molecule has 0 spiro atoms. The summed E-state index contributed by atoms with van der Waals surface area (Å²) in [6.45, 7) is 6.12. The maximum atomic E-state index is 12.1. The SMILES string of the molecule is COC(=O)[C@H]1CC[C@H](Nc2ccc3c(c2N)CC[C@H](C)N3C(=O)O)CC1(C)C. The molecule has 0 saturated heterocycles.